The van der Waals surface area contributed by atoms with Crippen molar-refractivity contribution < 1.29 is 0 Å². The summed E-state index contributed by atoms with van der Waals surface area (Å²) in [5, 5.41) is 5.29. The van der Waals surface area contributed by atoms with Crippen LogP contribution in [0.3, 0.4) is 0 Å². The molecule has 3 heteroatoms. The maximum Gasteiger partial charge on any atom is 0.0420 e. The second-order valence-electron chi connectivity index (χ2n) is 2.61. The zero-order valence-electron chi connectivity index (χ0n) is 4.80. The van der Waals surface area contributed by atoms with Gasteiger partial charge in [0.1, 0.15) is 0 Å². The molecule has 0 spiro atoms. The third-order valence-electron chi connectivity index (χ3n) is 2.14. The minimum Gasteiger partial charge on any atom is -0.311 e. The summed E-state index contributed by atoms with van der Waals surface area (Å²) >= 11 is 0. The number of rotatable bonds is 0. The molecule has 0 amide bonds. The largest absolute Gasteiger partial charge is 0.311 e. The Morgan fingerprint density at radius 3 is 3.00 bits per heavy atom. The van der Waals surface area contributed by atoms with Crippen LogP contribution in [0.25, 0.3) is 0 Å². The molecule has 0 bridgehead atoms. The Morgan fingerprint density at radius 1 is 1.62 bits per heavy atom. The monoisotopic (exact) mass is 113 g/mol. The molecule has 0 saturated carbocycles. The molecular weight excluding hydrogens is 102 g/mol. The maximum absolute atomic E-state index is 5.56. The van der Waals surface area contributed by atoms with Crippen LogP contribution in [-0.2, 0) is 0 Å². The average Bonchev–Trinajstić information content (AvgIpc) is 2.09. The average molecular weight is 113 g/mol. The van der Waals surface area contributed by atoms with Crippen molar-refractivity contribution in [2.45, 2.75) is 18.5 Å². The molecule has 0 aromatic carbocycles. The third kappa shape index (κ3) is 0.438. The topological polar surface area (TPSA) is 41.3 Å². The standard InChI is InChI=1S/C5H11N3/c6-8-3-4-5(8)1-2-7-4/h4-5,7H,1-3,6H2. The minimum absolute atomic E-state index is 0.662. The van der Waals surface area contributed by atoms with Crippen LogP contribution >= 0.6 is 0 Å². The number of fused-ring (bicyclic) bond motifs is 1. The summed E-state index contributed by atoms with van der Waals surface area (Å²) in [6, 6.07) is 1.38. The van der Waals surface area contributed by atoms with Crippen LogP contribution in [0.2, 0.25) is 0 Å². The molecule has 46 valence electrons. The Morgan fingerprint density at radius 2 is 2.50 bits per heavy atom. The van der Waals surface area contributed by atoms with Gasteiger partial charge in [-0.15, -0.1) is 0 Å². The van der Waals surface area contributed by atoms with Crippen molar-refractivity contribution in [2.75, 3.05) is 13.1 Å². The molecule has 2 heterocycles. The highest BCUT2D eigenvalue weighted by atomic mass is 15.5. The Labute approximate surface area is 48.8 Å². The highest BCUT2D eigenvalue weighted by molar-refractivity contribution is 4.99. The van der Waals surface area contributed by atoms with Gasteiger partial charge in [-0.25, -0.2) is 5.01 Å². The van der Waals surface area contributed by atoms with Crippen molar-refractivity contribution in [3.8, 4) is 0 Å². The summed E-state index contributed by atoms with van der Waals surface area (Å²) in [7, 11) is 0. The lowest BCUT2D eigenvalue weighted by Gasteiger charge is -2.40. The fourth-order valence-electron chi connectivity index (χ4n) is 1.56. The van der Waals surface area contributed by atoms with Crippen LogP contribution in [-0.4, -0.2) is 30.2 Å². The molecule has 0 aliphatic carbocycles. The number of hydrazine groups is 1. The summed E-state index contributed by atoms with van der Waals surface area (Å²) < 4.78 is 0. The van der Waals surface area contributed by atoms with E-state index in [1.165, 1.54) is 6.42 Å². The molecule has 2 saturated heterocycles. The number of nitrogens with one attached hydrogen (secondary N) is 1. The SMILES string of the molecule is NN1CC2NCCC21. The zero-order valence-corrected chi connectivity index (χ0v) is 4.80. The zero-order chi connectivity index (χ0) is 5.56. The lowest BCUT2D eigenvalue weighted by Crippen LogP contribution is -2.63. The molecule has 0 aromatic rings. The molecular formula is C5H11N3. The van der Waals surface area contributed by atoms with Crippen molar-refractivity contribution in [1.29, 1.82) is 0 Å². The van der Waals surface area contributed by atoms with Crippen molar-refractivity contribution in [3.05, 3.63) is 0 Å². The number of nitrogens with two attached hydrogens (primary N) is 1. The normalized spacial score (nSPS) is 46.1. The lowest BCUT2D eigenvalue weighted by atomic mass is 10.0. The fourth-order valence-corrected chi connectivity index (χ4v) is 1.56. The minimum atomic E-state index is 0.662. The van der Waals surface area contributed by atoms with Gasteiger partial charge < -0.3 is 5.32 Å². The van der Waals surface area contributed by atoms with Crippen LogP contribution in [0.15, 0.2) is 0 Å². The van der Waals surface area contributed by atoms with Gasteiger partial charge in [0.25, 0.3) is 0 Å². The Balaban J connectivity index is 2.02. The molecule has 0 radical (unpaired) electrons. The molecule has 2 atom stereocenters. The molecule has 8 heavy (non-hydrogen) atoms. The first-order valence-electron chi connectivity index (χ1n) is 3.12. The molecule has 0 aromatic heterocycles. The molecule has 3 N–H and O–H groups in total. The Hall–Kier alpha value is -0.120. The van der Waals surface area contributed by atoms with E-state index in [9.17, 15) is 0 Å². The van der Waals surface area contributed by atoms with E-state index in [4.69, 9.17) is 5.84 Å². The van der Waals surface area contributed by atoms with Gasteiger partial charge in [-0.05, 0) is 13.0 Å². The van der Waals surface area contributed by atoms with Gasteiger partial charge in [-0.3, -0.25) is 5.84 Å². The summed E-state index contributed by atoms with van der Waals surface area (Å²) in [6.07, 6.45) is 1.24. The lowest BCUT2D eigenvalue weighted by molar-refractivity contribution is 0.0742. The molecule has 2 unspecified atom stereocenters. The van der Waals surface area contributed by atoms with Gasteiger partial charge in [0.15, 0.2) is 0 Å². The first-order chi connectivity index (χ1) is 3.88. The predicted molar refractivity (Wildman–Crippen MR) is 31.1 cm³/mol. The van der Waals surface area contributed by atoms with Gasteiger partial charge in [0, 0.05) is 18.6 Å². The Bertz CT molecular complexity index is 104. The molecule has 2 fully saturated rings. The van der Waals surface area contributed by atoms with Crippen molar-refractivity contribution in [3.63, 3.8) is 0 Å². The third-order valence-corrected chi connectivity index (χ3v) is 2.14. The highest BCUT2D eigenvalue weighted by Gasteiger charge is 2.39. The fraction of sp³-hybridized carbons (Fsp3) is 1.00. The van der Waals surface area contributed by atoms with E-state index in [0.29, 0.717) is 6.04 Å². The number of hydrogen-bond donors (Lipinski definition) is 2. The molecule has 2 aliphatic heterocycles. The second kappa shape index (κ2) is 1.43. The number of hydrogen-bond acceptors (Lipinski definition) is 3. The molecule has 2 aliphatic rings. The van der Waals surface area contributed by atoms with E-state index in [2.05, 4.69) is 5.32 Å². The van der Waals surface area contributed by atoms with Crippen LogP contribution in [0, 0.1) is 0 Å². The van der Waals surface area contributed by atoms with E-state index in [0.717, 1.165) is 19.1 Å². The van der Waals surface area contributed by atoms with E-state index in [1.54, 1.807) is 0 Å². The van der Waals surface area contributed by atoms with E-state index < -0.39 is 0 Å². The van der Waals surface area contributed by atoms with Gasteiger partial charge in [-0.2, -0.15) is 0 Å². The van der Waals surface area contributed by atoms with Crippen LogP contribution in [0.5, 0.6) is 0 Å². The number of nitrogens with zero attached hydrogens (tertiary/aromatic N) is 1. The quantitative estimate of drug-likeness (QED) is 0.392. The maximum atomic E-state index is 5.56. The van der Waals surface area contributed by atoms with Gasteiger partial charge in [-0.1, -0.05) is 0 Å². The first-order valence-corrected chi connectivity index (χ1v) is 3.12. The summed E-state index contributed by atoms with van der Waals surface area (Å²) in [4.78, 5) is 0. The van der Waals surface area contributed by atoms with E-state index in [1.807, 2.05) is 5.01 Å². The van der Waals surface area contributed by atoms with Gasteiger partial charge >= 0.3 is 0 Å². The predicted octanol–water partition coefficient (Wildman–Crippen LogP) is -1.09. The second-order valence-corrected chi connectivity index (χ2v) is 2.61. The van der Waals surface area contributed by atoms with Crippen LogP contribution in [0.4, 0.5) is 0 Å². The van der Waals surface area contributed by atoms with Crippen LogP contribution in [0.1, 0.15) is 6.42 Å². The first kappa shape index (κ1) is 4.73. The van der Waals surface area contributed by atoms with Gasteiger partial charge in [0.2, 0.25) is 0 Å². The van der Waals surface area contributed by atoms with Gasteiger partial charge in [0.05, 0.1) is 0 Å². The summed E-state index contributed by atoms with van der Waals surface area (Å²) in [6.45, 7) is 2.20. The van der Waals surface area contributed by atoms with E-state index >= 15 is 0 Å². The summed E-state index contributed by atoms with van der Waals surface area (Å²) in [5.74, 6) is 5.56. The van der Waals surface area contributed by atoms with Crippen molar-refractivity contribution in [1.82, 2.24) is 10.3 Å². The van der Waals surface area contributed by atoms with Crippen molar-refractivity contribution in [2.24, 2.45) is 5.84 Å². The van der Waals surface area contributed by atoms with E-state index in [-0.39, 0.29) is 0 Å². The molecule has 3 nitrogen and oxygen atoms in total. The summed E-state index contributed by atoms with van der Waals surface area (Å²) in [5.41, 5.74) is 0. The molecule has 2 rings (SSSR count). The smallest absolute Gasteiger partial charge is 0.0420 e. The highest BCUT2D eigenvalue weighted by Crippen LogP contribution is 2.21. The Kier molecular flexibility index (Phi) is 0.848. The van der Waals surface area contributed by atoms with Crippen LogP contribution < -0.4 is 11.2 Å². The van der Waals surface area contributed by atoms with Crippen molar-refractivity contribution >= 4 is 0 Å².